The monoisotopic (exact) mass is 499 g/mol. The molecule has 2 N–H and O–H groups in total. The Morgan fingerprint density at radius 2 is 1.91 bits per heavy atom. The molecule has 1 aliphatic rings. The number of hydrogen-bond donors (Lipinski definition) is 2. The number of pyridine rings is 1. The SMILES string of the molecule is Cl.O=C(O)CCCC=C[C@@H]1C[C@@H](NS(=O)(=O)c2ccc(Cl)cc2)CN1Cc1ccncc1. The lowest BCUT2D eigenvalue weighted by Crippen LogP contribution is -2.37. The summed E-state index contributed by atoms with van der Waals surface area (Å²) in [5.74, 6) is -0.801. The lowest BCUT2D eigenvalue weighted by atomic mass is 10.1. The van der Waals surface area contributed by atoms with Crippen molar-refractivity contribution >= 4 is 40.0 Å². The molecule has 1 aromatic carbocycles. The van der Waals surface area contributed by atoms with Gasteiger partial charge in [-0.2, -0.15) is 0 Å². The predicted octanol–water partition coefficient (Wildman–Crippen LogP) is 3.89. The van der Waals surface area contributed by atoms with Crippen LogP contribution in [0.2, 0.25) is 5.02 Å². The first-order chi connectivity index (χ1) is 14.8. The van der Waals surface area contributed by atoms with Gasteiger partial charge < -0.3 is 5.11 Å². The van der Waals surface area contributed by atoms with Crippen LogP contribution in [0.25, 0.3) is 0 Å². The summed E-state index contributed by atoms with van der Waals surface area (Å²) in [7, 11) is -3.65. The smallest absolute Gasteiger partial charge is 0.303 e. The summed E-state index contributed by atoms with van der Waals surface area (Å²) >= 11 is 5.87. The highest BCUT2D eigenvalue weighted by molar-refractivity contribution is 7.89. The molecule has 7 nitrogen and oxygen atoms in total. The molecule has 0 radical (unpaired) electrons. The number of allylic oxidation sites excluding steroid dienone is 1. The number of sulfonamides is 1. The lowest BCUT2D eigenvalue weighted by Gasteiger charge is -2.21. The fourth-order valence-corrected chi connectivity index (χ4v) is 5.02. The van der Waals surface area contributed by atoms with E-state index in [1.165, 1.54) is 12.1 Å². The maximum absolute atomic E-state index is 12.8. The van der Waals surface area contributed by atoms with Crippen molar-refractivity contribution in [3.05, 3.63) is 71.5 Å². The first-order valence-electron chi connectivity index (χ1n) is 10.1. The van der Waals surface area contributed by atoms with Crippen molar-refractivity contribution in [2.75, 3.05) is 6.54 Å². The largest absolute Gasteiger partial charge is 0.481 e. The molecule has 174 valence electrons. The molecule has 3 rings (SSSR count). The number of carbonyl (C=O) groups is 1. The van der Waals surface area contributed by atoms with E-state index in [-0.39, 0.29) is 35.8 Å². The zero-order valence-corrected chi connectivity index (χ0v) is 19.8. The van der Waals surface area contributed by atoms with Crippen LogP contribution in [-0.2, 0) is 21.4 Å². The van der Waals surface area contributed by atoms with E-state index in [1.807, 2.05) is 18.2 Å². The first-order valence-corrected chi connectivity index (χ1v) is 12.0. The molecule has 0 aliphatic carbocycles. The van der Waals surface area contributed by atoms with E-state index in [0.29, 0.717) is 37.4 Å². The highest BCUT2D eigenvalue weighted by atomic mass is 35.5. The molecule has 1 aromatic heterocycles. The Kier molecular flexibility index (Phi) is 10.1. The third-order valence-electron chi connectivity index (χ3n) is 5.15. The van der Waals surface area contributed by atoms with Gasteiger partial charge in [-0.3, -0.25) is 14.7 Å². The van der Waals surface area contributed by atoms with Crippen LogP contribution in [-0.4, -0.2) is 48.0 Å². The average Bonchev–Trinajstić information content (AvgIpc) is 3.08. The zero-order valence-electron chi connectivity index (χ0n) is 17.4. The molecule has 32 heavy (non-hydrogen) atoms. The van der Waals surface area contributed by atoms with Gasteiger partial charge in [-0.1, -0.05) is 23.8 Å². The van der Waals surface area contributed by atoms with E-state index in [4.69, 9.17) is 16.7 Å². The summed E-state index contributed by atoms with van der Waals surface area (Å²) in [6.45, 7) is 1.24. The Morgan fingerprint density at radius 1 is 1.22 bits per heavy atom. The minimum Gasteiger partial charge on any atom is -0.481 e. The van der Waals surface area contributed by atoms with Crippen LogP contribution in [0, 0.1) is 0 Å². The van der Waals surface area contributed by atoms with E-state index in [1.54, 1.807) is 24.5 Å². The minimum absolute atomic E-state index is 0. The van der Waals surface area contributed by atoms with Gasteiger partial charge >= 0.3 is 5.97 Å². The number of benzene rings is 1. The fourth-order valence-electron chi connectivity index (χ4n) is 3.65. The second-order valence-corrected chi connectivity index (χ2v) is 9.72. The summed E-state index contributed by atoms with van der Waals surface area (Å²) in [5.41, 5.74) is 1.10. The van der Waals surface area contributed by atoms with Gasteiger partial charge in [-0.05, 0) is 61.2 Å². The van der Waals surface area contributed by atoms with Crippen molar-refractivity contribution in [1.29, 1.82) is 0 Å². The van der Waals surface area contributed by atoms with Crippen molar-refractivity contribution < 1.29 is 18.3 Å². The Morgan fingerprint density at radius 3 is 2.56 bits per heavy atom. The van der Waals surface area contributed by atoms with Crippen molar-refractivity contribution in [2.24, 2.45) is 0 Å². The normalized spacial score (nSPS) is 19.2. The maximum atomic E-state index is 12.8. The number of carboxylic acids is 1. The van der Waals surface area contributed by atoms with E-state index in [9.17, 15) is 13.2 Å². The van der Waals surface area contributed by atoms with E-state index in [0.717, 1.165) is 5.56 Å². The van der Waals surface area contributed by atoms with E-state index in [2.05, 4.69) is 20.7 Å². The zero-order chi connectivity index (χ0) is 22.3. The van der Waals surface area contributed by atoms with Crippen LogP contribution in [0.4, 0.5) is 0 Å². The topological polar surface area (TPSA) is 99.6 Å². The van der Waals surface area contributed by atoms with Gasteiger partial charge in [0.15, 0.2) is 0 Å². The molecule has 1 saturated heterocycles. The number of halogens is 2. The molecular formula is C22H27Cl2N3O4S. The first kappa shape index (κ1) is 26.3. The number of unbranched alkanes of at least 4 members (excludes halogenated alkanes) is 1. The molecule has 1 fully saturated rings. The Labute approximate surface area is 200 Å². The van der Waals surface area contributed by atoms with Crippen molar-refractivity contribution in [3.8, 4) is 0 Å². The molecule has 0 spiro atoms. The summed E-state index contributed by atoms with van der Waals surface area (Å²) in [4.78, 5) is 17.1. The second kappa shape index (κ2) is 12.3. The summed E-state index contributed by atoms with van der Waals surface area (Å²) in [5, 5.41) is 9.26. The summed E-state index contributed by atoms with van der Waals surface area (Å²) < 4.78 is 28.4. The number of aliphatic carboxylic acids is 1. The quantitative estimate of drug-likeness (QED) is 0.379. The number of rotatable bonds is 10. The number of nitrogens with one attached hydrogen (secondary N) is 1. The summed E-state index contributed by atoms with van der Waals surface area (Å²) in [6, 6.07) is 9.80. The number of aromatic nitrogens is 1. The molecular weight excluding hydrogens is 473 g/mol. The molecule has 10 heteroatoms. The number of carboxylic acid groups (broad SMARTS) is 1. The molecule has 1 aliphatic heterocycles. The third-order valence-corrected chi connectivity index (χ3v) is 6.94. The van der Waals surface area contributed by atoms with Gasteiger partial charge in [-0.15, -0.1) is 12.4 Å². The highest BCUT2D eigenvalue weighted by Crippen LogP contribution is 2.24. The number of likely N-dealkylation sites (tertiary alicyclic amines) is 1. The number of nitrogens with zero attached hydrogens (tertiary/aromatic N) is 2. The van der Waals surface area contributed by atoms with Gasteiger partial charge in [0.25, 0.3) is 0 Å². The van der Waals surface area contributed by atoms with Crippen molar-refractivity contribution in [1.82, 2.24) is 14.6 Å². The molecule has 2 aromatic rings. The minimum atomic E-state index is -3.65. The van der Waals surface area contributed by atoms with Crippen molar-refractivity contribution in [3.63, 3.8) is 0 Å². The van der Waals surface area contributed by atoms with Crippen LogP contribution < -0.4 is 4.72 Å². The van der Waals surface area contributed by atoms with Crippen LogP contribution in [0.1, 0.15) is 31.2 Å². The Bertz CT molecular complexity index is 1000. The predicted molar refractivity (Wildman–Crippen MR) is 126 cm³/mol. The Hall–Kier alpha value is -1.97. The van der Waals surface area contributed by atoms with Crippen LogP contribution in [0.5, 0.6) is 0 Å². The average molecular weight is 500 g/mol. The van der Waals surface area contributed by atoms with Crippen molar-refractivity contribution in [2.45, 2.75) is 49.2 Å². The van der Waals surface area contributed by atoms with Gasteiger partial charge in [0, 0.05) is 49.0 Å². The third kappa shape index (κ3) is 7.86. The highest BCUT2D eigenvalue weighted by Gasteiger charge is 2.33. The summed E-state index contributed by atoms with van der Waals surface area (Å²) in [6.07, 6.45) is 9.55. The van der Waals surface area contributed by atoms with Gasteiger partial charge in [0.2, 0.25) is 10.0 Å². The van der Waals surface area contributed by atoms with Crippen LogP contribution >= 0.6 is 24.0 Å². The van der Waals surface area contributed by atoms with Gasteiger partial charge in [0.1, 0.15) is 0 Å². The van der Waals surface area contributed by atoms with Gasteiger partial charge in [-0.25, -0.2) is 13.1 Å². The van der Waals surface area contributed by atoms with E-state index >= 15 is 0 Å². The van der Waals surface area contributed by atoms with E-state index < -0.39 is 16.0 Å². The molecule has 2 atom stereocenters. The van der Waals surface area contributed by atoms with Crippen LogP contribution in [0.3, 0.4) is 0 Å². The Balaban J connectivity index is 0.00000363. The standard InChI is InChI=1S/C22H26ClN3O4S.ClH/c23-18-6-8-21(9-7-18)31(29,30)25-19-14-20(4-2-1-3-5-22(27)28)26(16-19)15-17-10-12-24-13-11-17;/h2,4,6-13,19-20,25H,1,3,5,14-16H2,(H,27,28);1H/t19-,20-;/m1./s1. The van der Waals surface area contributed by atoms with Crippen LogP contribution in [0.15, 0.2) is 65.8 Å². The molecule has 2 heterocycles. The second-order valence-electron chi connectivity index (χ2n) is 7.57. The molecule has 0 bridgehead atoms. The van der Waals surface area contributed by atoms with Gasteiger partial charge in [0.05, 0.1) is 4.90 Å². The maximum Gasteiger partial charge on any atom is 0.303 e. The molecule has 0 saturated carbocycles. The molecule has 0 unspecified atom stereocenters. The number of hydrogen-bond acceptors (Lipinski definition) is 5. The fraction of sp³-hybridized carbons (Fsp3) is 0.364. The lowest BCUT2D eigenvalue weighted by molar-refractivity contribution is -0.137. The molecule has 0 amide bonds.